The summed E-state index contributed by atoms with van der Waals surface area (Å²) in [6, 6.07) is 3.85. The lowest BCUT2D eigenvalue weighted by Crippen LogP contribution is -2.50. The summed E-state index contributed by atoms with van der Waals surface area (Å²) in [6.45, 7) is 0.555. The van der Waals surface area contributed by atoms with Crippen molar-refractivity contribution in [3.05, 3.63) is 28.7 Å². The van der Waals surface area contributed by atoms with Gasteiger partial charge in [0.25, 0.3) is 0 Å². The number of ether oxygens (including phenoxy) is 1. The second kappa shape index (κ2) is 4.22. The fourth-order valence-electron chi connectivity index (χ4n) is 1.94. The summed E-state index contributed by atoms with van der Waals surface area (Å²) < 4.78 is 5.04. The first-order valence-electron chi connectivity index (χ1n) is 5.59. The van der Waals surface area contributed by atoms with E-state index in [0.29, 0.717) is 6.42 Å². The van der Waals surface area contributed by atoms with Gasteiger partial charge in [0.1, 0.15) is 5.41 Å². The zero-order chi connectivity index (χ0) is 12.6. The smallest absolute Gasteiger partial charge is 0.314 e. The Kier molecular flexibility index (Phi) is 2.68. The number of nitrogens with zero attached hydrogens (tertiary/aromatic N) is 1. The minimum Gasteiger partial charge on any atom is -0.481 e. The SMILES string of the molecule is O=C(O)C1(Cc2nc(-c3ccc[nH]3)cs2)COC1. The molecular weight excluding hydrogens is 252 g/mol. The Morgan fingerprint density at radius 1 is 1.61 bits per heavy atom. The monoisotopic (exact) mass is 264 g/mol. The van der Waals surface area contributed by atoms with Crippen molar-refractivity contribution in [1.82, 2.24) is 9.97 Å². The van der Waals surface area contributed by atoms with E-state index in [1.807, 2.05) is 23.7 Å². The predicted octanol–water partition coefficient (Wildman–Crippen LogP) is 1.78. The van der Waals surface area contributed by atoms with Crippen molar-refractivity contribution in [2.75, 3.05) is 13.2 Å². The van der Waals surface area contributed by atoms with Crippen molar-refractivity contribution in [3.63, 3.8) is 0 Å². The molecule has 0 aliphatic carbocycles. The van der Waals surface area contributed by atoms with Gasteiger partial charge in [-0.25, -0.2) is 4.98 Å². The van der Waals surface area contributed by atoms with E-state index >= 15 is 0 Å². The van der Waals surface area contributed by atoms with Gasteiger partial charge in [-0.05, 0) is 12.1 Å². The van der Waals surface area contributed by atoms with Crippen molar-refractivity contribution < 1.29 is 14.6 Å². The lowest BCUT2D eigenvalue weighted by molar-refractivity contribution is -0.179. The number of carboxylic acid groups (broad SMARTS) is 1. The molecule has 0 radical (unpaired) electrons. The number of aliphatic carboxylic acids is 1. The highest BCUT2D eigenvalue weighted by Gasteiger charge is 2.46. The van der Waals surface area contributed by atoms with Crippen LogP contribution >= 0.6 is 11.3 Å². The number of rotatable bonds is 4. The standard InChI is InChI=1S/C12H12N2O3S/c15-11(16)12(6-17-7-12)4-10-14-9(5-18-10)8-2-1-3-13-8/h1-3,5,13H,4,6-7H2,(H,15,16). The average molecular weight is 264 g/mol. The zero-order valence-corrected chi connectivity index (χ0v) is 10.4. The quantitative estimate of drug-likeness (QED) is 0.882. The van der Waals surface area contributed by atoms with Crippen LogP contribution in [0.4, 0.5) is 0 Å². The molecule has 0 spiro atoms. The van der Waals surface area contributed by atoms with Crippen LogP contribution in [0.15, 0.2) is 23.7 Å². The van der Waals surface area contributed by atoms with Gasteiger partial charge < -0.3 is 14.8 Å². The molecule has 1 saturated heterocycles. The molecule has 0 bridgehead atoms. The van der Waals surface area contributed by atoms with Crippen LogP contribution in [0.1, 0.15) is 5.01 Å². The van der Waals surface area contributed by atoms with Crippen LogP contribution in [0.3, 0.4) is 0 Å². The van der Waals surface area contributed by atoms with Crippen LogP contribution in [0.5, 0.6) is 0 Å². The number of thiazole rings is 1. The third kappa shape index (κ3) is 1.83. The van der Waals surface area contributed by atoms with Crippen LogP contribution in [0, 0.1) is 5.41 Å². The molecule has 1 fully saturated rings. The summed E-state index contributed by atoms with van der Waals surface area (Å²) in [5, 5.41) is 12.0. The number of aromatic nitrogens is 2. The Morgan fingerprint density at radius 2 is 2.44 bits per heavy atom. The maximum atomic E-state index is 11.2. The lowest BCUT2D eigenvalue weighted by Gasteiger charge is -2.36. The topological polar surface area (TPSA) is 75.2 Å². The molecule has 2 N–H and O–H groups in total. The van der Waals surface area contributed by atoms with E-state index in [9.17, 15) is 9.90 Å². The molecule has 2 aromatic rings. The first-order chi connectivity index (χ1) is 8.70. The van der Waals surface area contributed by atoms with Gasteiger partial charge in [-0.2, -0.15) is 0 Å². The number of hydrogen-bond donors (Lipinski definition) is 2. The molecule has 0 saturated carbocycles. The minimum absolute atomic E-state index is 0.278. The van der Waals surface area contributed by atoms with Gasteiger partial charge in [-0.3, -0.25) is 4.79 Å². The Balaban J connectivity index is 1.80. The summed E-state index contributed by atoms with van der Waals surface area (Å²) in [5.74, 6) is -0.801. The average Bonchev–Trinajstić information content (AvgIpc) is 2.93. The van der Waals surface area contributed by atoms with E-state index in [0.717, 1.165) is 16.4 Å². The van der Waals surface area contributed by atoms with Crippen LogP contribution < -0.4 is 0 Å². The van der Waals surface area contributed by atoms with Gasteiger partial charge >= 0.3 is 5.97 Å². The normalized spacial score (nSPS) is 17.3. The van der Waals surface area contributed by atoms with E-state index in [4.69, 9.17) is 4.74 Å². The van der Waals surface area contributed by atoms with E-state index in [1.54, 1.807) is 0 Å². The molecule has 0 unspecified atom stereocenters. The number of carboxylic acids is 1. The van der Waals surface area contributed by atoms with Crippen LogP contribution in [-0.4, -0.2) is 34.3 Å². The molecule has 94 valence electrons. The molecule has 1 aliphatic rings. The summed E-state index contributed by atoms with van der Waals surface area (Å²) in [4.78, 5) is 18.8. The van der Waals surface area contributed by atoms with Gasteiger partial charge in [0.05, 0.1) is 29.6 Å². The van der Waals surface area contributed by atoms with E-state index in [1.165, 1.54) is 11.3 Å². The zero-order valence-electron chi connectivity index (χ0n) is 9.55. The van der Waals surface area contributed by atoms with E-state index in [2.05, 4.69) is 9.97 Å². The molecule has 0 atom stereocenters. The fourth-order valence-corrected chi connectivity index (χ4v) is 2.88. The second-order valence-corrected chi connectivity index (χ2v) is 5.41. The van der Waals surface area contributed by atoms with Gasteiger partial charge in [-0.15, -0.1) is 11.3 Å². The van der Waals surface area contributed by atoms with E-state index < -0.39 is 11.4 Å². The van der Waals surface area contributed by atoms with Gasteiger partial charge in [0, 0.05) is 18.0 Å². The number of aromatic amines is 1. The van der Waals surface area contributed by atoms with Crippen LogP contribution in [-0.2, 0) is 16.0 Å². The van der Waals surface area contributed by atoms with Gasteiger partial charge in [-0.1, -0.05) is 0 Å². The Bertz CT molecular complexity index is 558. The minimum atomic E-state index is -0.801. The molecule has 3 heterocycles. The maximum absolute atomic E-state index is 11.2. The van der Waals surface area contributed by atoms with Crippen molar-refractivity contribution >= 4 is 17.3 Å². The van der Waals surface area contributed by atoms with Gasteiger partial charge in [0.2, 0.25) is 0 Å². The number of carbonyl (C=O) groups is 1. The molecule has 6 heteroatoms. The number of H-pyrrole nitrogens is 1. The Hall–Kier alpha value is -1.66. The summed E-state index contributed by atoms with van der Waals surface area (Å²) in [7, 11) is 0. The van der Waals surface area contributed by atoms with E-state index in [-0.39, 0.29) is 13.2 Å². The predicted molar refractivity (Wildman–Crippen MR) is 66.5 cm³/mol. The largest absolute Gasteiger partial charge is 0.481 e. The summed E-state index contributed by atoms with van der Waals surface area (Å²) in [6.07, 6.45) is 2.28. The van der Waals surface area contributed by atoms with Crippen LogP contribution in [0.2, 0.25) is 0 Å². The number of hydrogen-bond acceptors (Lipinski definition) is 4. The van der Waals surface area contributed by atoms with Crippen molar-refractivity contribution in [2.24, 2.45) is 5.41 Å². The highest BCUT2D eigenvalue weighted by Crippen LogP contribution is 2.34. The highest BCUT2D eigenvalue weighted by molar-refractivity contribution is 7.09. The van der Waals surface area contributed by atoms with Crippen molar-refractivity contribution in [1.29, 1.82) is 0 Å². The molecule has 0 aromatic carbocycles. The van der Waals surface area contributed by atoms with Crippen molar-refractivity contribution in [3.8, 4) is 11.4 Å². The molecular formula is C12H12N2O3S. The lowest BCUT2D eigenvalue weighted by atomic mass is 9.83. The number of nitrogens with one attached hydrogen (secondary N) is 1. The molecule has 3 rings (SSSR count). The molecule has 0 amide bonds. The fraction of sp³-hybridized carbons (Fsp3) is 0.333. The third-order valence-electron chi connectivity index (χ3n) is 3.13. The summed E-state index contributed by atoms with van der Waals surface area (Å²) in [5.41, 5.74) is 1.04. The van der Waals surface area contributed by atoms with Crippen molar-refractivity contribution in [2.45, 2.75) is 6.42 Å². The molecule has 2 aromatic heterocycles. The first-order valence-corrected chi connectivity index (χ1v) is 6.47. The maximum Gasteiger partial charge on any atom is 0.314 e. The van der Waals surface area contributed by atoms with Crippen LogP contribution in [0.25, 0.3) is 11.4 Å². The molecule has 5 nitrogen and oxygen atoms in total. The highest BCUT2D eigenvalue weighted by atomic mass is 32.1. The second-order valence-electron chi connectivity index (χ2n) is 4.47. The molecule has 1 aliphatic heterocycles. The Labute approximate surface area is 107 Å². The first kappa shape index (κ1) is 11.4. The molecule has 18 heavy (non-hydrogen) atoms. The van der Waals surface area contributed by atoms with Gasteiger partial charge in [0.15, 0.2) is 0 Å². The summed E-state index contributed by atoms with van der Waals surface area (Å²) >= 11 is 1.49. The Morgan fingerprint density at radius 3 is 3.00 bits per heavy atom. The third-order valence-corrected chi connectivity index (χ3v) is 3.97.